The van der Waals surface area contributed by atoms with Gasteiger partial charge in [-0.05, 0) is 49.7 Å². The number of carbonyl (C=O) groups is 1. The number of fused-ring (bicyclic) bond motifs is 1. The van der Waals surface area contributed by atoms with Crippen LogP contribution in [0.15, 0.2) is 58.5 Å². The third-order valence-corrected chi connectivity index (χ3v) is 6.89. The number of H-pyrrole nitrogens is 2. The van der Waals surface area contributed by atoms with Crippen LogP contribution in [0.4, 0.5) is 5.69 Å². The Labute approximate surface area is 201 Å². The molecule has 34 heavy (non-hydrogen) atoms. The Hall–Kier alpha value is -3.37. The number of nitrogens with one attached hydrogen (secondary N) is 3. The van der Waals surface area contributed by atoms with Gasteiger partial charge in [0.1, 0.15) is 5.82 Å². The van der Waals surface area contributed by atoms with E-state index in [1.54, 1.807) is 18.2 Å². The normalized spacial score (nSPS) is 14.5. The van der Waals surface area contributed by atoms with Crippen LogP contribution in [0.25, 0.3) is 11.0 Å². The number of carbonyl (C=O) groups excluding carboxylic acids is 1. The van der Waals surface area contributed by atoms with Crippen molar-refractivity contribution in [3.8, 4) is 0 Å². The summed E-state index contributed by atoms with van der Waals surface area (Å²) in [7, 11) is 0. The quantitative estimate of drug-likeness (QED) is 0.336. The Morgan fingerprint density at radius 3 is 2.59 bits per heavy atom. The first kappa shape index (κ1) is 22.4. The largest absolute Gasteiger partial charge is 0.325 e. The third-order valence-electron chi connectivity index (χ3n) is 5.92. The average molecular weight is 478 g/mol. The number of amides is 1. The zero-order valence-electron chi connectivity index (χ0n) is 18.8. The number of imidazole rings is 1. The Morgan fingerprint density at radius 1 is 0.971 bits per heavy atom. The number of hydrogen-bond donors (Lipinski definition) is 3. The van der Waals surface area contributed by atoms with Crippen molar-refractivity contribution in [1.29, 1.82) is 0 Å². The Bertz CT molecular complexity index is 1320. The maximum Gasteiger partial charge on any atom is 0.323 e. The highest BCUT2D eigenvalue weighted by molar-refractivity contribution is 7.99. The number of likely N-dealkylation sites (tertiary alicyclic amines) is 1. The van der Waals surface area contributed by atoms with Gasteiger partial charge in [-0.15, -0.1) is 10.2 Å². The van der Waals surface area contributed by atoms with Gasteiger partial charge >= 0.3 is 5.69 Å². The molecule has 0 spiro atoms. The van der Waals surface area contributed by atoms with Gasteiger partial charge < -0.3 is 19.9 Å². The highest BCUT2D eigenvalue weighted by Gasteiger charge is 2.19. The van der Waals surface area contributed by atoms with Crippen molar-refractivity contribution in [3.05, 3.63) is 70.4 Å². The van der Waals surface area contributed by atoms with Crippen LogP contribution in [0.1, 0.15) is 30.7 Å². The molecule has 9 nitrogen and oxygen atoms in total. The number of thioether (sulfide) groups is 1. The lowest BCUT2D eigenvalue weighted by Gasteiger charge is -2.26. The van der Waals surface area contributed by atoms with E-state index in [1.165, 1.54) is 36.6 Å². The summed E-state index contributed by atoms with van der Waals surface area (Å²) in [5.74, 6) is 0.989. The molecular formula is C24H27N7O2S. The van der Waals surface area contributed by atoms with Crippen LogP contribution in [-0.2, 0) is 17.9 Å². The number of rotatable bonds is 8. The van der Waals surface area contributed by atoms with Crippen molar-refractivity contribution >= 4 is 34.4 Å². The molecule has 0 radical (unpaired) electrons. The molecule has 3 heterocycles. The van der Waals surface area contributed by atoms with E-state index in [0.29, 0.717) is 23.3 Å². The topological polar surface area (TPSA) is 112 Å². The summed E-state index contributed by atoms with van der Waals surface area (Å²) in [6.07, 6.45) is 3.73. The van der Waals surface area contributed by atoms with Crippen LogP contribution in [-0.4, -0.2) is 54.4 Å². The van der Waals surface area contributed by atoms with Gasteiger partial charge in [-0.25, -0.2) is 4.79 Å². The van der Waals surface area contributed by atoms with Gasteiger partial charge in [-0.3, -0.25) is 9.69 Å². The number of nitrogens with zero attached hydrogens (tertiary/aromatic N) is 4. The molecule has 1 fully saturated rings. The van der Waals surface area contributed by atoms with Gasteiger partial charge in [-0.1, -0.05) is 48.5 Å². The van der Waals surface area contributed by atoms with E-state index < -0.39 is 0 Å². The summed E-state index contributed by atoms with van der Waals surface area (Å²) < 4.78 is 2.12. The van der Waals surface area contributed by atoms with E-state index in [1.807, 2.05) is 18.2 Å². The van der Waals surface area contributed by atoms with Gasteiger partial charge in [-0.2, -0.15) is 0 Å². The molecule has 4 aromatic rings. The fourth-order valence-electron chi connectivity index (χ4n) is 4.22. The molecule has 176 valence electrons. The highest BCUT2D eigenvalue weighted by atomic mass is 32.2. The van der Waals surface area contributed by atoms with Crippen molar-refractivity contribution in [2.45, 2.75) is 37.5 Å². The van der Waals surface area contributed by atoms with Crippen LogP contribution < -0.4 is 11.0 Å². The second kappa shape index (κ2) is 10.3. The summed E-state index contributed by atoms with van der Waals surface area (Å²) in [5.41, 5.74) is 2.88. The number of aromatic nitrogens is 5. The number of aromatic amines is 2. The molecule has 1 saturated heterocycles. The monoisotopic (exact) mass is 477 g/mol. The average Bonchev–Trinajstić information content (AvgIpc) is 3.40. The van der Waals surface area contributed by atoms with Crippen LogP contribution in [0.2, 0.25) is 0 Å². The lowest BCUT2D eigenvalue weighted by atomic mass is 10.1. The fraction of sp³-hybridized carbons (Fsp3) is 0.333. The van der Waals surface area contributed by atoms with E-state index >= 15 is 0 Å². The first-order valence-electron chi connectivity index (χ1n) is 11.5. The number of benzene rings is 2. The molecule has 5 rings (SSSR count). The minimum Gasteiger partial charge on any atom is -0.325 e. The zero-order valence-corrected chi connectivity index (χ0v) is 19.6. The van der Waals surface area contributed by atoms with E-state index in [4.69, 9.17) is 0 Å². The Kier molecular flexibility index (Phi) is 6.77. The molecule has 1 aliphatic heterocycles. The predicted octanol–water partition coefficient (Wildman–Crippen LogP) is 3.21. The molecule has 0 atom stereocenters. The minimum absolute atomic E-state index is 0.144. The van der Waals surface area contributed by atoms with Gasteiger partial charge in [0, 0.05) is 5.69 Å². The molecule has 3 N–H and O–H groups in total. The molecule has 1 aliphatic rings. The third kappa shape index (κ3) is 5.40. The zero-order chi connectivity index (χ0) is 23.3. The standard InChI is InChI=1S/C24H27N7O2S/c32-22(25-18-9-10-19-20(13-18)27-23(33)26-19)16-34-24-29-28-21(15-30-11-5-2-6-12-30)31(24)14-17-7-3-1-4-8-17/h1,3-4,7-10,13H,2,5-6,11-12,14-16H2,(H,25,32)(H2,26,27,33). The van der Waals surface area contributed by atoms with Crippen molar-refractivity contribution in [1.82, 2.24) is 29.6 Å². The summed E-state index contributed by atoms with van der Waals surface area (Å²) in [4.78, 5) is 31.9. The molecular weight excluding hydrogens is 450 g/mol. The summed E-state index contributed by atoms with van der Waals surface area (Å²) >= 11 is 1.38. The SMILES string of the molecule is O=C(CSc1nnc(CN2CCCCC2)n1Cc1ccccc1)Nc1ccc2[nH]c(=O)[nH]c2c1. The molecule has 0 aliphatic carbocycles. The maximum absolute atomic E-state index is 12.6. The summed E-state index contributed by atoms with van der Waals surface area (Å²) in [6, 6.07) is 15.5. The van der Waals surface area contributed by atoms with Crippen molar-refractivity contribution in [2.24, 2.45) is 0 Å². The maximum atomic E-state index is 12.6. The number of piperidine rings is 1. The smallest absolute Gasteiger partial charge is 0.323 e. The van der Waals surface area contributed by atoms with Crippen LogP contribution >= 0.6 is 11.8 Å². The van der Waals surface area contributed by atoms with Crippen LogP contribution in [0.3, 0.4) is 0 Å². The highest BCUT2D eigenvalue weighted by Crippen LogP contribution is 2.22. The molecule has 1 amide bonds. The lowest BCUT2D eigenvalue weighted by molar-refractivity contribution is -0.113. The van der Waals surface area contributed by atoms with Gasteiger partial charge in [0.05, 0.1) is 29.9 Å². The van der Waals surface area contributed by atoms with Gasteiger partial charge in [0.2, 0.25) is 5.91 Å². The fourth-order valence-corrected chi connectivity index (χ4v) is 4.98. The van der Waals surface area contributed by atoms with Gasteiger partial charge in [0.25, 0.3) is 0 Å². The van der Waals surface area contributed by atoms with Crippen molar-refractivity contribution < 1.29 is 4.79 Å². The summed E-state index contributed by atoms with van der Waals surface area (Å²) in [6.45, 7) is 3.60. The summed E-state index contributed by atoms with van der Waals surface area (Å²) in [5, 5.41) is 12.5. The van der Waals surface area contributed by atoms with Crippen molar-refractivity contribution in [3.63, 3.8) is 0 Å². The lowest BCUT2D eigenvalue weighted by Crippen LogP contribution is -2.30. The van der Waals surface area contributed by atoms with E-state index in [2.05, 4.69) is 47.1 Å². The van der Waals surface area contributed by atoms with Crippen molar-refractivity contribution in [2.75, 3.05) is 24.2 Å². The first-order chi connectivity index (χ1) is 16.6. The second-order valence-electron chi connectivity index (χ2n) is 8.48. The molecule has 10 heteroatoms. The van der Waals surface area contributed by atoms with Crippen LogP contribution in [0.5, 0.6) is 0 Å². The number of hydrogen-bond acceptors (Lipinski definition) is 6. The molecule has 0 bridgehead atoms. The minimum atomic E-state index is -0.271. The van der Waals surface area contributed by atoms with E-state index in [-0.39, 0.29) is 17.3 Å². The molecule has 2 aromatic heterocycles. The van der Waals surface area contributed by atoms with E-state index in [0.717, 1.165) is 30.6 Å². The molecule has 0 saturated carbocycles. The number of anilines is 1. The molecule has 0 unspecified atom stereocenters. The van der Waals surface area contributed by atoms with E-state index in [9.17, 15) is 9.59 Å². The first-order valence-corrected chi connectivity index (χ1v) is 12.5. The second-order valence-corrected chi connectivity index (χ2v) is 9.43. The Balaban J connectivity index is 1.28. The molecule has 2 aromatic carbocycles. The van der Waals surface area contributed by atoms with Crippen LogP contribution in [0, 0.1) is 0 Å². The Morgan fingerprint density at radius 2 is 1.76 bits per heavy atom. The predicted molar refractivity (Wildman–Crippen MR) is 133 cm³/mol. The van der Waals surface area contributed by atoms with Gasteiger partial charge in [0.15, 0.2) is 5.16 Å².